The smallest absolute Gasteiger partial charge is 0.123 e. The van der Waals surface area contributed by atoms with Gasteiger partial charge in [0.05, 0.1) is 12.8 Å². The van der Waals surface area contributed by atoms with Crippen LogP contribution >= 0.6 is 11.3 Å². The summed E-state index contributed by atoms with van der Waals surface area (Å²) in [6.07, 6.45) is -0.674. The molecule has 5 heteroatoms. The summed E-state index contributed by atoms with van der Waals surface area (Å²) in [7, 11) is 1.63. The van der Waals surface area contributed by atoms with Crippen molar-refractivity contribution in [2.24, 2.45) is 5.73 Å². The van der Waals surface area contributed by atoms with Crippen LogP contribution in [0.3, 0.4) is 0 Å². The molecule has 0 fully saturated rings. The largest absolute Gasteiger partial charge is 0.497 e. The van der Waals surface area contributed by atoms with Crippen LogP contribution in [0.15, 0.2) is 29.6 Å². The molecule has 0 spiro atoms. The number of nitrogens with zero attached hydrogens (tertiary/aromatic N) is 1. The van der Waals surface area contributed by atoms with Gasteiger partial charge >= 0.3 is 0 Å². The molecule has 1 heterocycles. The van der Waals surface area contributed by atoms with E-state index in [-0.39, 0.29) is 6.54 Å². The van der Waals surface area contributed by atoms with Crippen molar-refractivity contribution in [3.05, 3.63) is 34.7 Å². The maximum absolute atomic E-state index is 9.57. The van der Waals surface area contributed by atoms with E-state index in [9.17, 15) is 5.11 Å². The number of hydrogen-bond acceptors (Lipinski definition) is 5. The molecule has 90 valence electrons. The first-order chi connectivity index (χ1) is 8.24. The van der Waals surface area contributed by atoms with Gasteiger partial charge in [-0.15, -0.1) is 11.3 Å². The highest BCUT2D eigenvalue weighted by Gasteiger charge is 2.11. The third kappa shape index (κ3) is 2.63. The monoisotopic (exact) mass is 250 g/mol. The minimum absolute atomic E-state index is 0.190. The lowest BCUT2D eigenvalue weighted by Crippen LogP contribution is -2.10. The summed E-state index contributed by atoms with van der Waals surface area (Å²) in [6.45, 7) is 0.190. The van der Waals surface area contributed by atoms with Crippen LogP contribution in [0.2, 0.25) is 0 Å². The molecule has 3 N–H and O–H groups in total. The normalized spacial score (nSPS) is 12.4. The highest BCUT2D eigenvalue weighted by atomic mass is 32.1. The van der Waals surface area contributed by atoms with E-state index < -0.39 is 6.10 Å². The van der Waals surface area contributed by atoms with Crippen LogP contribution in [0.25, 0.3) is 11.3 Å². The number of rotatable bonds is 4. The minimum Gasteiger partial charge on any atom is -0.497 e. The van der Waals surface area contributed by atoms with Crippen LogP contribution in [0.5, 0.6) is 5.75 Å². The zero-order valence-corrected chi connectivity index (χ0v) is 10.3. The van der Waals surface area contributed by atoms with Gasteiger partial charge in [-0.2, -0.15) is 0 Å². The molecular formula is C12H14N2O2S. The molecule has 0 aliphatic carbocycles. The summed E-state index contributed by atoms with van der Waals surface area (Å²) in [5.74, 6) is 0.811. The van der Waals surface area contributed by atoms with E-state index in [4.69, 9.17) is 10.5 Å². The summed E-state index contributed by atoms with van der Waals surface area (Å²) in [5, 5.41) is 12.1. The van der Waals surface area contributed by atoms with E-state index in [0.29, 0.717) is 5.01 Å². The Morgan fingerprint density at radius 2 is 2.12 bits per heavy atom. The molecule has 2 aromatic rings. The van der Waals surface area contributed by atoms with Gasteiger partial charge in [0.1, 0.15) is 16.9 Å². The number of ether oxygens (including phenoxy) is 1. The molecule has 17 heavy (non-hydrogen) atoms. The summed E-state index contributed by atoms with van der Waals surface area (Å²) in [6, 6.07) is 7.64. The number of aliphatic hydroxyl groups excluding tert-OH is 1. The van der Waals surface area contributed by atoms with Crippen molar-refractivity contribution in [1.82, 2.24) is 4.98 Å². The van der Waals surface area contributed by atoms with Crippen molar-refractivity contribution >= 4 is 11.3 Å². The fourth-order valence-corrected chi connectivity index (χ4v) is 2.26. The molecule has 1 atom stereocenters. The first-order valence-corrected chi connectivity index (χ1v) is 6.10. The van der Waals surface area contributed by atoms with Crippen LogP contribution in [0, 0.1) is 0 Å². The van der Waals surface area contributed by atoms with Gasteiger partial charge in [-0.25, -0.2) is 4.98 Å². The van der Waals surface area contributed by atoms with Crippen molar-refractivity contribution in [3.8, 4) is 17.0 Å². The molecule has 2 rings (SSSR count). The van der Waals surface area contributed by atoms with Gasteiger partial charge in [0.15, 0.2) is 0 Å². The van der Waals surface area contributed by atoms with E-state index in [1.165, 1.54) is 11.3 Å². The van der Waals surface area contributed by atoms with Crippen molar-refractivity contribution in [2.45, 2.75) is 6.10 Å². The van der Waals surface area contributed by atoms with Crippen LogP contribution in [0.4, 0.5) is 0 Å². The van der Waals surface area contributed by atoms with Crippen molar-refractivity contribution in [3.63, 3.8) is 0 Å². The molecule has 0 aliphatic heterocycles. The van der Waals surface area contributed by atoms with Gasteiger partial charge in [0, 0.05) is 17.5 Å². The van der Waals surface area contributed by atoms with Gasteiger partial charge in [-0.3, -0.25) is 0 Å². The van der Waals surface area contributed by atoms with E-state index in [1.807, 2.05) is 29.6 Å². The molecule has 0 bridgehead atoms. The molecule has 0 radical (unpaired) electrons. The SMILES string of the molecule is COc1ccc(-c2csc(C(O)CN)n2)cc1. The number of thiazole rings is 1. The average molecular weight is 250 g/mol. The van der Waals surface area contributed by atoms with Gasteiger partial charge in [0.25, 0.3) is 0 Å². The molecular weight excluding hydrogens is 236 g/mol. The molecule has 1 unspecified atom stereocenters. The average Bonchev–Trinajstić information content (AvgIpc) is 2.87. The van der Waals surface area contributed by atoms with Crippen molar-refractivity contribution < 1.29 is 9.84 Å². The number of hydrogen-bond donors (Lipinski definition) is 2. The Balaban J connectivity index is 2.24. The lowest BCUT2D eigenvalue weighted by molar-refractivity contribution is 0.186. The van der Waals surface area contributed by atoms with Crippen molar-refractivity contribution in [1.29, 1.82) is 0 Å². The molecule has 0 saturated heterocycles. The molecule has 0 saturated carbocycles. The van der Waals surface area contributed by atoms with Gasteiger partial charge in [0.2, 0.25) is 0 Å². The summed E-state index contributed by atoms with van der Waals surface area (Å²) < 4.78 is 5.09. The zero-order chi connectivity index (χ0) is 12.3. The number of aliphatic hydroxyl groups is 1. The van der Waals surface area contributed by atoms with E-state index in [1.54, 1.807) is 7.11 Å². The molecule has 1 aromatic heterocycles. The molecule has 0 aliphatic rings. The van der Waals surface area contributed by atoms with Gasteiger partial charge in [-0.05, 0) is 24.3 Å². The first kappa shape index (κ1) is 12.0. The van der Waals surface area contributed by atoms with Crippen LogP contribution in [-0.2, 0) is 0 Å². The fraction of sp³-hybridized carbons (Fsp3) is 0.250. The van der Waals surface area contributed by atoms with Crippen LogP contribution in [-0.4, -0.2) is 23.7 Å². The van der Waals surface area contributed by atoms with Gasteiger partial charge < -0.3 is 15.6 Å². The molecule has 1 aromatic carbocycles. The number of aromatic nitrogens is 1. The van der Waals surface area contributed by atoms with E-state index in [2.05, 4.69) is 4.98 Å². The zero-order valence-electron chi connectivity index (χ0n) is 9.46. The second-order valence-electron chi connectivity index (χ2n) is 3.55. The van der Waals surface area contributed by atoms with Gasteiger partial charge in [-0.1, -0.05) is 0 Å². The van der Waals surface area contributed by atoms with Crippen molar-refractivity contribution in [2.75, 3.05) is 13.7 Å². The third-order valence-electron chi connectivity index (χ3n) is 2.42. The fourth-order valence-electron chi connectivity index (χ4n) is 1.44. The van der Waals surface area contributed by atoms with E-state index >= 15 is 0 Å². The number of nitrogens with two attached hydrogens (primary N) is 1. The Hall–Kier alpha value is -1.43. The van der Waals surface area contributed by atoms with Crippen LogP contribution in [0.1, 0.15) is 11.1 Å². The second-order valence-corrected chi connectivity index (χ2v) is 4.44. The maximum Gasteiger partial charge on any atom is 0.123 e. The second kappa shape index (κ2) is 5.27. The Morgan fingerprint density at radius 1 is 1.41 bits per heavy atom. The predicted octanol–water partition coefficient (Wildman–Crippen LogP) is 1.81. The predicted molar refractivity (Wildman–Crippen MR) is 68.1 cm³/mol. The maximum atomic E-state index is 9.57. The topological polar surface area (TPSA) is 68.4 Å². The van der Waals surface area contributed by atoms with Crippen LogP contribution < -0.4 is 10.5 Å². The quantitative estimate of drug-likeness (QED) is 0.868. The molecule has 4 nitrogen and oxygen atoms in total. The Morgan fingerprint density at radius 3 is 2.71 bits per heavy atom. The molecule has 0 amide bonds. The Bertz CT molecular complexity index is 482. The van der Waals surface area contributed by atoms with E-state index in [0.717, 1.165) is 17.0 Å². The number of benzene rings is 1. The minimum atomic E-state index is -0.674. The standard InChI is InChI=1S/C12H14N2O2S/c1-16-9-4-2-8(3-5-9)10-7-17-12(14-10)11(15)6-13/h2-5,7,11,15H,6,13H2,1H3. The summed E-state index contributed by atoms with van der Waals surface area (Å²) >= 11 is 1.41. The first-order valence-electron chi connectivity index (χ1n) is 5.22. The summed E-state index contributed by atoms with van der Waals surface area (Å²) in [4.78, 5) is 4.35. The Kier molecular flexibility index (Phi) is 3.73. The highest BCUT2D eigenvalue weighted by molar-refractivity contribution is 7.10. The lowest BCUT2D eigenvalue weighted by atomic mass is 10.2. The third-order valence-corrected chi connectivity index (χ3v) is 3.36. The number of methoxy groups -OCH3 is 1. The Labute approximate surface area is 104 Å². The summed E-state index contributed by atoms with van der Waals surface area (Å²) in [5.41, 5.74) is 7.24. The lowest BCUT2D eigenvalue weighted by Gasteiger charge is -2.02. The highest BCUT2D eigenvalue weighted by Crippen LogP contribution is 2.26.